The second-order valence-corrected chi connectivity index (χ2v) is 4.92. The molecule has 1 amide bonds. The molecule has 0 aromatic heterocycles. The van der Waals surface area contributed by atoms with Gasteiger partial charge in [0.2, 0.25) is 5.91 Å². The topological polar surface area (TPSA) is 32.3 Å². The Labute approximate surface area is 94.2 Å². The van der Waals surface area contributed by atoms with Crippen LogP contribution in [0.5, 0.6) is 0 Å². The van der Waals surface area contributed by atoms with Crippen molar-refractivity contribution in [1.82, 2.24) is 10.2 Å². The van der Waals surface area contributed by atoms with Gasteiger partial charge in [-0.1, -0.05) is 0 Å². The summed E-state index contributed by atoms with van der Waals surface area (Å²) >= 11 is 0. The van der Waals surface area contributed by atoms with Crippen LogP contribution in [0.4, 0.5) is 8.78 Å². The Bertz CT molecular complexity index is 296. The first kappa shape index (κ1) is 11.8. The van der Waals surface area contributed by atoms with E-state index in [4.69, 9.17) is 0 Å². The molecule has 1 N–H and O–H groups in total. The van der Waals surface area contributed by atoms with Gasteiger partial charge in [-0.2, -0.15) is 0 Å². The summed E-state index contributed by atoms with van der Waals surface area (Å²) in [7, 11) is 0. The van der Waals surface area contributed by atoms with Crippen LogP contribution in [0.3, 0.4) is 0 Å². The lowest BCUT2D eigenvalue weighted by Gasteiger charge is -2.26. The van der Waals surface area contributed by atoms with Crippen molar-refractivity contribution in [2.24, 2.45) is 0 Å². The Morgan fingerprint density at radius 1 is 1.38 bits per heavy atom. The zero-order valence-electron chi connectivity index (χ0n) is 9.67. The summed E-state index contributed by atoms with van der Waals surface area (Å²) in [6.07, 6.45) is 1.49. The number of rotatable bonds is 1. The molecule has 16 heavy (non-hydrogen) atoms. The lowest BCUT2D eigenvalue weighted by atomic mass is 10.1. The molecule has 92 valence electrons. The summed E-state index contributed by atoms with van der Waals surface area (Å²) in [6.45, 7) is 3.62. The number of hydrogen-bond donors (Lipinski definition) is 1. The minimum absolute atomic E-state index is 0.158. The van der Waals surface area contributed by atoms with Crippen molar-refractivity contribution in [2.45, 2.75) is 57.2 Å². The third-order valence-corrected chi connectivity index (χ3v) is 3.72. The van der Waals surface area contributed by atoms with Crippen LogP contribution >= 0.6 is 0 Å². The Kier molecular flexibility index (Phi) is 2.90. The maximum Gasteiger partial charge on any atom is 0.269 e. The van der Waals surface area contributed by atoms with E-state index in [9.17, 15) is 13.6 Å². The van der Waals surface area contributed by atoms with Crippen molar-refractivity contribution >= 4 is 5.91 Å². The molecule has 0 spiro atoms. The van der Waals surface area contributed by atoms with Gasteiger partial charge in [0.25, 0.3) is 5.92 Å². The van der Waals surface area contributed by atoms with Crippen molar-refractivity contribution in [1.29, 1.82) is 0 Å². The smallest absolute Gasteiger partial charge is 0.269 e. The fourth-order valence-electron chi connectivity index (χ4n) is 2.52. The second-order valence-electron chi connectivity index (χ2n) is 4.92. The molecule has 0 bridgehead atoms. The van der Waals surface area contributed by atoms with Crippen molar-refractivity contribution in [3.05, 3.63) is 0 Å². The van der Waals surface area contributed by atoms with Crippen LogP contribution < -0.4 is 5.32 Å². The number of alkyl halides is 2. The van der Waals surface area contributed by atoms with Crippen molar-refractivity contribution in [3.63, 3.8) is 0 Å². The number of nitrogens with zero attached hydrogens (tertiary/aromatic N) is 1. The van der Waals surface area contributed by atoms with Gasteiger partial charge in [0, 0.05) is 19.0 Å². The molecule has 0 radical (unpaired) electrons. The third-order valence-electron chi connectivity index (χ3n) is 3.72. The molecule has 0 unspecified atom stereocenters. The summed E-state index contributed by atoms with van der Waals surface area (Å²) in [5, 5.41) is 3.14. The second kappa shape index (κ2) is 3.95. The van der Waals surface area contributed by atoms with E-state index in [0.29, 0.717) is 6.04 Å². The Hall–Kier alpha value is -0.710. The van der Waals surface area contributed by atoms with Crippen molar-refractivity contribution in [3.8, 4) is 0 Å². The molecular weight excluding hydrogens is 214 g/mol. The SMILES string of the molecule is C[C@@H]1N(C(=O)[C@@H]2CC[C@H](C)N2)CCC1(F)F. The molecule has 2 saturated heterocycles. The van der Waals surface area contributed by atoms with Crippen LogP contribution in [0.1, 0.15) is 33.1 Å². The third kappa shape index (κ3) is 1.93. The zero-order valence-corrected chi connectivity index (χ0v) is 9.67. The van der Waals surface area contributed by atoms with Crippen molar-refractivity contribution in [2.75, 3.05) is 6.54 Å². The highest BCUT2D eigenvalue weighted by Crippen LogP contribution is 2.34. The number of carbonyl (C=O) groups is 1. The number of carbonyl (C=O) groups excluding carboxylic acids is 1. The van der Waals surface area contributed by atoms with E-state index in [2.05, 4.69) is 5.32 Å². The van der Waals surface area contributed by atoms with Crippen LogP contribution in [0, 0.1) is 0 Å². The Morgan fingerprint density at radius 2 is 2.06 bits per heavy atom. The lowest BCUT2D eigenvalue weighted by molar-refractivity contribution is -0.137. The van der Waals surface area contributed by atoms with Gasteiger partial charge in [-0.3, -0.25) is 4.79 Å². The Balaban J connectivity index is 2.01. The van der Waals surface area contributed by atoms with Crippen LogP contribution in [-0.4, -0.2) is 41.4 Å². The number of amides is 1. The highest BCUT2D eigenvalue weighted by Gasteiger charge is 2.49. The standard InChI is InChI=1S/C11H18F2N2O/c1-7-3-4-9(14-7)10(16)15-6-5-11(12,13)8(15)2/h7-9,14H,3-6H2,1-2H3/t7-,8-,9-/m0/s1. The van der Waals surface area contributed by atoms with Gasteiger partial charge in [-0.05, 0) is 26.7 Å². The number of likely N-dealkylation sites (tertiary alicyclic amines) is 1. The minimum atomic E-state index is -2.72. The minimum Gasteiger partial charge on any atom is -0.332 e. The molecule has 2 aliphatic heterocycles. The quantitative estimate of drug-likeness (QED) is 0.741. The first-order chi connectivity index (χ1) is 7.42. The molecule has 0 aromatic carbocycles. The normalized spacial score (nSPS) is 38.0. The first-order valence-electron chi connectivity index (χ1n) is 5.86. The van der Waals surface area contributed by atoms with Gasteiger partial charge in [0.15, 0.2) is 0 Å². The highest BCUT2D eigenvalue weighted by atomic mass is 19.3. The van der Waals surface area contributed by atoms with Gasteiger partial charge in [-0.15, -0.1) is 0 Å². The predicted molar refractivity (Wildman–Crippen MR) is 56.4 cm³/mol. The van der Waals surface area contributed by atoms with Crippen molar-refractivity contribution < 1.29 is 13.6 Å². The average molecular weight is 232 g/mol. The number of halogens is 2. The summed E-state index contributed by atoms with van der Waals surface area (Å²) in [5.41, 5.74) is 0. The van der Waals surface area contributed by atoms with E-state index < -0.39 is 12.0 Å². The van der Waals surface area contributed by atoms with Gasteiger partial charge in [0.05, 0.1) is 12.1 Å². The van der Waals surface area contributed by atoms with E-state index in [1.54, 1.807) is 0 Å². The number of hydrogen-bond acceptors (Lipinski definition) is 2. The van der Waals surface area contributed by atoms with Gasteiger partial charge in [-0.25, -0.2) is 8.78 Å². The van der Waals surface area contributed by atoms with Crippen LogP contribution in [0.25, 0.3) is 0 Å². The van der Waals surface area contributed by atoms with E-state index in [1.807, 2.05) is 6.92 Å². The van der Waals surface area contributed by atoms with E-state index in [1.165, 1.54) is 11.8 Å². The fourth-order valence-corrected chi connectivity index (χ4v) is 2.52. The van der Waals surface area contributed by atoms with Gasteiger partial charge in [0.1, 0.15) is 0 Å². The average Bonchev–Trinajstić information content (AvgIpc) is 2.73. The molecule has 2 rings (SSSR count). The molecule has 2 fully saturated rings. The predicted octanol–water partition coefficient (Wildman–Crippen LogP) is 1.38. The molecule has 5 heteroatoms. The summed E-state index contributed by atoms with van der Waals surface area (Å²) in [5.74, 6) is -2.88. The lowest BCUT2D eigenvalue weighted by Crippen LogP contribution is -2.48. The van der Waals surface area contributed by atoms with Crippen LogP contribution in [-0.2, 0) is 4.79 Å². The molecule has 3 atom stereocenters. The van der Waals surface area contributed by atoms with Gasteiger partial charge < -0.3 is 10.2 Å². The molecule has 0 saturated carbocycles. The van der Waals surface area contributed by atoms with E-state index >= 15 is 0 Å². The highest BCUT2D eigenvalue weighted by molar-refractivity contribution is 5.83. The first-order valence-corrected chi connectivity index (χ1v) is 5.86. The molecular formula is C11H18F2N2O. The van der Waals surface area contributed by atoms with Gasteiger partial charge >= 0.3 is 0 Å². The Morgan fingerprint density at radius 3 is 2.50 bits per heavy atom. The number of nitrogens with one attached hydrogen (secondary N) is 1. The van der Waals surface area contributed by atoms with Crippen LogP contribution in [0.15, 0.2) is 0 Å². The molecule has 2 aliphatic rings. The summed E-state index contributed by atoms with van der Waals surface area (Å²) < 4.78 is 26.6. The van der Waals surface area contributed by atoms with E-state index in [0.717, 1.165) is 12.8 Å². The molecule has 0 aromatic rings. The molecule has 3 nitrogen and oxygen atoms in total. The summed E-state index contributed by atoms with van der Waals surface area (Å²) in [4.78, 5) is 13.4. The van der Waals surface area contributed by atoms with Crippen LogP contribution in [0.2, 0.25) is 0 Å². The largest absolute Gasteiger partial charge is 0.332 e. The maximum absolute atomic E-state index is 13.3. The zero-order chi connectivity index (χ0) is 11.9. The molecule has 2 heterocycles. The van der Waals surface area contributed by atoms with E-state index in [-0.39, 0.29) is 24.9 Å². The summed E-state index contributed by atoms with van der Waals surface area (Å²) in [6, 6.07) is -0.906. The maximum atomic E-state index is 13.3. The fraction of sp³-hybridized carbons (Fsp3) is 0.909. The monoisotopic (exact) mass is 232 g/mol. The molecule has 0 aliphatic carbocycles.